The first-order valence-corrected chi connectivity index (χ1v) is 6.68. The van der Waals surface area contributed by atoms with Crippen LogP contribution in [0.15, 0.2) is 0 Å². The van der Waals surface area contributed by atoms with Crippen molar-refractivity contribution >= 4 is 5.95 Å². The molecule has 1 aromatic rings. The normalized spacial score (nSPS) is 25.2. The molecular formula is C12H21N5. The number of piperidine rings is 1. The summed E-state index contributed by atoms with van der Waals surface area (Å²) in [4.78, 5) is 6.96. The molecule has 3 rings (SSSR count). The first-order valence-electron chi connectivity index (χ1n) is 6.68. The minimum atomic E-state index is 0.661. The molecule has 17 heavy (non-hydrogen) atoms. The highest BCUT2D eigenvalue weighted by molar-refractivity contribution is 5.30. The lowest BCUT2D eigenvalue weighted by atomic mass is 9.98. The maximum atomic E-state index is 4.63. The van der Waals surface area contributed by atoms with Gasteiger partial charge in [0, 0.05) is 19.0 Å². The van der Waals surface area contributed by atoms with Crippen LogP contribution < -0.4 is 10.2 Å². The van der Waals surface area contributed by atoms with Crippen molar-refractivity contribution < 1.29 is 0 Å². The third-order valence-corrected chi connectivity index (χ3v) is 3.75. The molecule has 5 heteroatoms. The highest BCUT2D eigenvalue weighted by Gasteiger charge is 2.29. The van der Waals surface area contributed by atoms with E-state index in [-0.39, 0.29) is 0 Å². The molecule has 2 heterocycles. The van der Waals surface area contributed by atoms with E-state index in [9.17, 15) is 0 Å². The van der Waals surface area contributed by atoms with Crippen LogP contribution in [0.4, 0.5) is 5.95 Å². The van der Waals surface area contributed by atoms with Crippen molar-refractivity contribution in [2.24, 2.45) is 5.92 Å². The highest BCUT2D eigenvalue weighted by Crippen LogP contribution is 2.38. The maximum absolute atomic E-state index is 4.63. The van der Waals surface area contributed by atoms with Crippen molar-refractivity contribution in [2.45, 2.75) is 31.6 Å². The Morgan fingerprint density at radius 3 is 3.06 bits per heavy atom. The quantitative estimate of drug-likeness (QED) is 0.821. The van der Waals surface area contributed by atoms with Crippen LogP contribution in [0.25, 0.3) is 0 Å². The van der Waals surface area contributed by atoms with Gasteiger partial charge in [-0.25, -0.2) is 0 Å². The van der Waals surface area contributed by atoms with Crippen LogP contribution in [-0.4, -0.2) is 41.9 Å². The lowest BCUT2D eigenvalue weighted by molar-refractivity contribution is 0.399. The van der Waals surface area contributed by atoms with Crippen molar-refractivity contribution in [2.75, 3.05) is 31.6 Å². The topological polar surface area (TPSA) is 56.8 Å². The van der Waals surface area contributed by atoms with Crippen LogP contribution in [0.2, 0.25) is 0 Å². The van der Waals surface area contributed by atoms with E-state index in [0.29, 0.717) is 5.92 Å². The molecule has 94 valence electrons. The molecule has 1 saturated heterocycles. The number of anilines is 1. The molecule has 0 radical (unpaired) electrons. The second-order valence-electron chi connectivity index (χ2n) is 5.31. The third-order valence-electron chi connectivity index (χ3n) is 3.75. The summed E-state index contributed by atoms with van der Waals surface area (Å²) in [6.45, 7) is 3.28. The van der Waals surface area contributed by atoms with E-state index in [0.717, 1.165) is 37.3 Å². The number of aromatic nitrogens is 3. The number of hydrogen-bond acceptors (Lipinski definition) is 4. The van der Waals surface area contributed by atoms with Crippen molar-refractivity contribution in [3.63, 3.8) is 0 Å². The molecule has 1 aliphatic heterocycles. The van der Waals surface area contributed by atoms with E-state index < -0.39 is 0 Å². The molecule has 1 aromatic heterocycles. The first kappa shape index (κ1) is 11.0. The van der Waals surface area contributed by atoms with Crippen molar-refractivity contribution in [1.29, 1.82) is 0 Å². The van der Waals surface area contributed by atoms with Gasteiger partial charge in [0.15, 0.2) is 0 Å². The minimum absolute atomic E-state index is 0.661. The fraction of sp³-hybridized carbons (Fsp3) is 0.833. The minimum Gasteiger partial charge on any atom is -0.339 e. The highest BCUT2D eigenvalue weighted by atomic mass is 15.4. The van der Waals surface area contributed by atoms with Gasteiger partial charge in [0.2, 0.25) is 5.95 Å². The van der Waals surface area contributed by atoms with Crippen LogP contribution in [0, 0.1) is 5.92 Å². The SMILES string of the molecule is CNCC1CCCN(c2n[nH]c(C3CC3)n2)C1. The second-order valence-corrected chi connectivity index (χ2v) is 5.31. The van der Waals surface area contributed by atoms with Gasteiger partial charge in [-0.3, -0.25) is 5.10 Å². The summed E-state index contributed by atoms with van der Waals surface area (Å²) in [6, 6.07) is 0. The Bertz CT molecular complexity index is 369. The zero-order chi connectivity index (χ0) is 11.7. The molecule has 1 atom stereocenters. The Morgan fingerprint density at radius 1 is 1.41 bits per heavy atom. The van der Waals surface area contributed by atoms with Gasteiger partial charge < -0.3 is 10.2 Å². The smallest absolute Gasteiger partial charge is 0.244 e. The summed E-state index contributed by atoms with van der Waals surface area (Å²) >= 11 is 0. The molecule has 1 aliphatic carbocycles. The predicted octanol–water partition coefficient (Wildman–Crippen LogP) is 1.12. The molecule has 0 bridgehead atoms. The van der Waals surface area contributed by atoms with Crippen LogP contribution in [-0.2, 0) is 0 Å². The van der Waals surface area contributed by atoms with Crippen molar-refractivity contribution in [3.05, 3.63) is 5.82 Å². The van der Waals surface area contributed by atoms with E-state index in [1.54, 1.807) is 0 Å². The van der Waals surface area contributed by atoms with Crippen molar-refractivity contribution in [3.8, 4) is 0 Å². The van der Waals surface area contributed by atoms with Gasteiger partial charge in [0.1, 0.15) is 5.82 Å². The Kier molecular flexibility index (Phi) is 3.01. The number of nitrogens with one attached hydrogen (secondary N) is 2. The molecule has 2 aliphatic rings. The lowest BCUT2D eigenvalue weighted by Crippen LogP contribution is -2.39. The number of H-pyrrole nitrogens is 1. The molecule has 2 N–H and O–H groups in total. The summed E-state index contributed by atoms with van der Waals surface area (Å²) in [6.07, 6.45) is 5.12. The molecule has 1 saturated carbocycles. The monoisotopic (exact) mass is 235 g/mol. The maximum Gasteiger partial charge on any atom is 0.244 e. The number of nitrogens with zero attached hydrogens (tertiary/aromatic N) is 3. The Balaban J connectivity index is 1.65. The third kappa shape index (κ3) is 2.44. The predicted molar refractivity (Wildman–Crippen MR) is 67.2 cm³/mol. The summed E-state index contributed by atoms with van der Waals surface area (Å²) < 4.78 is 0. The number of rotatable bonds is 4. The largest absolute Gasteiger partial charge is 0.339 e. The average molecular weight is 235 g/mol. The molecule has 1 unspecified atom stereocenters. The Morgan fingerprint density at radius 2 is 2.29 bits per heavy atom. The fourth-order valence-electron chi connectivity index (χ4n) is 2.65. The van der Waals surface area contributed by atoms with Gasteiger partial charge in [0.25, 0.3) is 0 Å². The average Bonchev–Trinajstić information content (AvgIpc) is 3.08. The van der Waals surface area contributed by atoms with Gasteiger partial charge in [-0.2, -0.15) is 4.98 Å². The molecule has 5 nitrogen and oxygen atoms in total. The summed E-state index contributed by atoms with van der Waals surface area (Å²) in [5.74, 6) is 3.40. The van der Waals surface area contributed by atoms with Crippen LogP contribution >= 0.6 is 0 Å². The molecular weight excluding hydrogens is 214 g/mol. The van der Waals surface area contributed by atoms with E-state index in [1.165, 1.54) is 25.7 Å². The zero-order valence-corrected chi connectivity index (χ0v) is 10.4. The molecule has 0 spiro atoms. The Hall–Kier alpha value is -1.10. The van der Waals surface area contributed by atoms with Crippen molar-refractivity contribution in [1.82, 2.24) is 20.5 Å². The van der Waals surface area contributed by atoms with Gasteiger partial charge in [0.05, 0.1) is 0 Å². The van der Waals surface area contributed by atoms with Gasteiger partial charge in [-0.05, 0) is 45.2 Å². The standard InChI is InChI=1S/C12H21N5/c1-13-7-9-3-2-6-17(8-9)12-14-11(15-16-12)10-4-5-10/h9-10,13H,2-8H2,1H3,(H,14,15,16). The number of aromatic amines is 1. The van der Waals surface area contributed by atoms with E-state index in [4.69, 9.17) is 0 Å². The summed E-state index contributed by atoms with van der Waals surface area (Å²) in [7, 11) is 2.02. The summed E-state index contributed by atoms with van der Waals surface area (Å²) in [5.41, 5.74) is 0. The fourth-order valence-corrected chi connectivity index (χ4v) is 2.65. The summed E-state index contributed by atoms with van der Waals surface area (Å²) in [5, 5.41) is 10.7. The molecule has 0 aromatic carbocycles. The van der Waals surface area contributed by atoms with E-state index in [2.05, 4.69) is 25.4 Å². The zero-order valence-electron chi connectivity index (χ0n) is 10.4. The second kappa shape index (κ2) is 4.64. The van der Waals surface area contributed by atoms with E-state index in [1.807, 2.05) is 7.05 Å². The van der Waals surface area contributed by atoms with Crippen LogP contribution in [0.5, 0.6) is 0 Å². The first-order chi connectivity index (χ1) is 8.36. The van der Waals surface area contributed by atoms with Gasteiger partial charge in [-0.15, -0.1) is 5.10 Å². The van der Waals surface area contributed by atoms with Gasteiger partial charge in [-0.1, -0.05) is 0 Å². The number of hydrogen-bond donors (Lipinski definition) is 2. The Labute approximate surface area is 102 Å². The molecule has 2 fully saturated rings. The van der Waals surface area contributed by atoms with Gasteiger partial charge >= 0.3 is 0 Å². The van der Waals surface area contributed by atoms with Crippen LogP contribution in [0.3, 0.4) is 0 Å². The van der Waals surface area contributed by atoms with E-state index >= 15 is 0 Å². The van der Waals surface area contributed by atoms with Crippen LogP contribution in [0.1, 0.15) is 37.4 Å². The lowest BCUT2D eigenvalue weighted by Gasteiger charge is -2.31. The molecule has 0 amide bonds.